The Morgan fingerprint density at radius 1 is 1.55 bits per heavy atom. The third-order valence-corrected chi connectivity index (χ3v) is 3.75. The number of hydrogen-bond donors (Lipinski definition) is 1. The molecule has 0 aromatic carbocycles. The molecule has 20 heavy (non-hydrogen) atoms. The first kappa shape index (κ1) is 16.9. The maximum absolute atomic E-state index is 12.5. The third-order valence-electron chi connectivity index (χ3n) is 3.75. The summed E-state index contributed by atoms with van der Waals surface area (Å²) in [7, 11) is 0. The van der Waals surface area contributed by atoms with Crippen LogP contribution in [0.25, 0.3) is 0 Å². The van der Waals surface area contributed by atoms with Crippen molar-refractivity contribution in [2.24, 2.45) is 5.73 Å². The van der Waals surface area contributed by atoms with Crippen LogP contribution in [0.3, 0.4) is 0 Å². The molecule has 0 radical (unpaired) electrons. The molecule has 2 N–H and O–H groups in total. The van der Waals surface area contributed by atoms with Gasteiger partial charge in [0.1, 0.15) is 12.7 Å². The summed E-state index contributed by atoms with van der Waals surface area (Å²) in [4.78, 5) is 18.3. The SMILES string of the molecule is CCCC(C)(N)C(=O)N1CCCC(n2cncn2)C1.Cl. The second-order valence-electron chi connectivity index (χ2n) is 5.59. The first-order valence-corrected chi connectivity index (χ1v) is 6.97. The maximum Gasteiger partial charge on any atom is 0.242 e. The van der Waals surface area contributed by atoms with Gasteiger partial charge in [-0.2, -0.15) is 5.10 Å². The van der Waals surface area contributed by atoms with Crippen LogP contribution in [0.1, 0.15) is 45.6 Å². The fraction of sp³-hybridized carbons (Fsp3) is 0.769. The minimum atomic E-state index is -0.751. The highest BCUT2D eigenvalue weighted by Gasteiger charge is 2.34. The van der Waals surface area contributed by atoms with Crippen molar-refractivity contribution in [3.63, 3.8) is 0 Å². The van der Waals surface area contributed by atoms with Gasteiger partial charge in [0, 0.05) is 13.1 Å². The molecule has 0 bridgehead atoms. The van der Waals surface area contributed by atoms with Crippen molar-refractivity contribution >= 4 is 18.3 Å². The van der Waals surface area contributed by atoms with Crippen molar-refractivity contribution in [2.45, 2.75) is 51.1 Å². The molecule has 1 aliphatic rings. The maximum atomic E-state index is 12.5. The van der Waals surface area contributed by atoms with E-state index in [1.807, 2.05) is 23.4 Å². The normalized spacial score (nSPS) is 21.9. The zero-order valence-corrected chi connectivity index (χ0v) is 13.0. The number of rotatable bonds is 4. The number of amides is 1. The van der Waals surface area contributed by atoms with Gasteiger partial charge < -0.3 is 10.6 Å². The van der Waals surface area contributed by atoms with Gasteiger partial charge in [-0.15, -0.1) is 12.4 Å². The molecule has 6 nitrogen and oxygen atoms in total. The summed E-state index contributed by atoms with van der Waals surface area (Å²) in [5.74, 6) is 0.0548. The van der Waals surface area contributed by atoms with Gasteiger partial charge in [0.05, 0.1) is 11.6 Å². The number of piperidine rings is 1. The van der Waals surface area contributed by atoms with E-state index in [4.69, 9.17) is 5.73 Å². The van der Waals surface area contributed by atoms with Gasteiger partial charge in [0.15, 0.2) is 0 Å². The Kier molecular flexibility index (Phi) is 5.95. The van der Waals surface area contributed by atoms with Crippen molar-refractivity contribution in [1.29, 1.82) is 0 Å². The van der Waals surface area contributed by atoms with E-state index in [0.29, 0.717) is 6.54 Å². The number of hydrogen-bond acceptors (Lipinski definition) is 4. The van der Waals surface area contributed by atoms with Crippen LogP contribution in [0.4, 0.5) is 0 Å². The number of aromatic nitrogens is 3. The highest BCUT2D eigenvalue weighted by Crippen LogP contribution is 2.23. The van der Waals surface area contributed by atoms with Crippen LogP contribution < -0.4 is 5.73 Å². The number of nitrogens with zero attached hydrogens (tertiary/aromatic N) is 4. The molecule has 2 unspecified atom stereocenters. The molecule has 1 aromatic heterocycles. The van der Waals surface area contributed by atoms with Gasteiger partial charge in [-0.3, -0.25) is 4.79 Å². The summed E-state index contributed by atoms with van der Waals surface area (Å²) in [6, 6.07) is 0.220. The molecule has 2 heterocycles. The largest absolute Gasteiger partial charge is 0.339 e. The first-order valence-electron chi connectivity index (χ1n) is 6.97. The van der Waals surface area contributed by atoms with E-state index in [-0.39, 0.29) is 24.4 Å². The number of halogens is 1. The van der Waals surface area contributed by atoms with Gasteiger partial charge in [-0.05, 0) is 26.2 Å². The molecule has 2 rings (SSSR count). The molecule has 7 heteroatoms. The van der Waals surface area contributed by atoms with Crippen molar-refractivity contribution in [3.8, 4) is 0 Å². The summed E-state index contributed by atoms with van der Waals surface area (Å²) >= 11 is 0. The number of carbonyl (C=O) groups is 1. The monoisotopic (exact) mass is 301 g/mol. The molecule has 0 saturated carbocycles. The van der Waals surface area contributed by atoms with Crippen LogP contribution in [0.5, 0.6) is 0 Å². The van der Waals surface area contributed by atoms with E-state index >= 15 is 0 Å². The highest BCUT2D eigenvalue weighted by molar-refractivity contribution is 5.86. The Balaban J connectivity index is 0.00000200. The Hall–Kier alpha value is -1.14. The number of carbonyl (C=O) groups excluding carboxylic acids is 1. The average molecular weight is 302 g/mol. The molecular formula is C13H24ClN5O. The van der Waals surface area contributed by atoms with Crippen LogP contribution in [-0.2, 0) is 4.79 Å². The van der Waals surface area contributed by atoms with Crippen LogP contribution in [0, 0.1) is 0 Å². The molecule has 1 aliphatic heterocycles. The van der Waals surface area contributed by atoms with Crippen LogP contribution >= 0.6 is 12.4 Å². The topological polar surface area (TPSA) is 77.0 Å². The molecule has 1 saturated heterocycles. The summed E-state index contributed by atoms with van der Waals surface area (Å²) < 4.78 is 1.84. The van der Waals surface area contributed by atoms with Crippen LogP contribution in [0.2, 0.25) is 0 Å². The van der Waals surface area contributed by atoms with E-state index in [2.05, 4.69) is 10.1 Å². The lowest BCUT2D eigenvalue weighted by atomic mass is 9.94. The Bertz CT molecular complexity index is 420. The van der Waals surface area contributed by atoms with E-state index in [9.17, 15) is 4.79 Å². The smallest absolute Gasteiger partial charge is 0.242 e. The fourth-order valence-electron chi connectivity index (χ4n) is 2.75. The van der Waals surface area contributed by atoms with E-state index < -0.39 is 5.54 Å². The molecule has 1 fully saturated rings. The summed E-state index contributed by atoms with van der Waals surface area (Å²) in [5.41, 5.74) is 5.39. The van der Waals surface area contributed by atoms with Gasteiger partial charge in [0.2, 0.25) is 5.91 Å². The Morgan fingerprint density at radius 3 is 2.90 bits per heavy atom. The zero-order chi connectivity index (χ0) is 13.9. The predicted molar refractivity (Wildman–Crippen MR) is 79.6 cm³/mol. The van der Waals surface area contributed by atoms with Crippen LogP contribution in [0.15, 0.2) is 12.7 Å². The Labute approximate surface area is 126 Å². The molecule has 114 valence electrons. The lowest BCUT2D eigenvalue weighted by molar-refractivity contribution is -0.138. The quantitative estimate of drug-likeness (QED) is 0.911. The number of nitrogens with two attached hydrogens (primary N) is 1. The standard InChI is InChI=1S/C13H23N5O.ClH/c1-3-6-13(2,14)12(19)17-7-4-5-11(8-17)18-10-15-9-16-18;/h9-11H,3-8,14H2,1-2H3;1H. The van der Waals surface area contributed by atoms with Gasteiger partial charge in [-0.1, -0.05) is 13.3 Å². The second-order valence-corrected chi connectivity index (χ2v) is 5.59. The summed E-state index contributed by atoms with van der Waals surface area (Å²) in [5, 5.41) is 4.17. The molecule has 1 amide bonds. The highest BCUT2D eigenvalue weighted by atomic mass is 35.5. The summed E-state index contributed by atoms with van der Waals surface area (Å²) in [6.45, 7) is 5.35. The average Bonchev–Trinajstić information content (AvgIpc) is 2.92. The van der Waals surface area contributed by atoms with Crippen LogP contribution in [-0.4, -0.2) is 44.2 Å². The lowest BCUT2D eigenvalue weighted by Crippen LogP contribution is -2.55. The summed E-state index contributed by atoms with van der Waals surface area (Å²) in [6.07, 6.45) is 6.90. The lowest BCUT2D eigenvalue weighted by Gasteiger charge is -2.37. The minimum absolute atomic E-state index is 0. The minimum Gasteiger partial charge on any atom is -0.339 e. The first-order chi connectivity index (χ1) is 9.04. The second kappa shape index (κ2) is 7.04. The molecule has 1 aromatic rings. The number of likely N-dealkylation sites (tertiary alicyclic amines) is 1. The van der Waals surface area contributed by atoms with Gasteiger partial charge in [0.25, 0.3) is 0 Å². The van der Waals surface area contributed by atoms with Crippen molar-refractivity contribution in [3.05, 3.63) is 12.7 Å². The Morgan fingerprint density at radius 2 is 2.30 bits per heavy atom. The van der Waals surface area contributed by atoms with E-state index in [1.54, 1.807) is 6.33 Å². The molecule has 0 aliphatic carbocycles. The molecular weight excluding hydrogens is 278 g/mol. The predicted octanol–water partition coefficient (Wildman–Crippen LogP) is 1.38. The van der Waals surface area contributed by atoms with E-state index in [0.717, 1.165) is 32.2 Å². The van der Waals surface area contributed by atoms with Crippen molar-refractivity contribution < 1.29 is 4.79 Å². The van der Waals surface area contributed by atoms with Gasteiger partial charge >= 0.3 is 0 Å². The molecule has 0 spiro atoms. The fourth-order valence-corrected chi connectivity index (χ4v) is 2.75. The van der Waals surface area contributed by atoms with Gasteiger partial charge in [-0.25, -0.2) is 9.67 Å². The van der Waals surface area contributed by atoms with Crippen molar-refractivity contribution in [1.82, 2.24) is 19.7 Å². The molecule has 2 atom stereocenters. The van der Waals surface area contributed by atoms with Crippen molar-refractivity contribution in [2.75, 3.05) is 13.1 Å². The third kappa shape index (κ3) is 3.70. The van der Waals surface area contributed by atoms with E-state index in [1.165, 1.54) is 6.33 Å². The zero-order valence-electron chi connectivity index (χ0n) is 12.2.